The normalized spacial score (nSPS) is 9.45. The van der Waals surface area contributed by atoms with Crippen LogP contribution in [0.4, 0.5) is 0 Å². The quantitative estimate of drug-likeness (QED) is 0.792. The van der Waals surface area contributed by atoms with E-state index in [2.05, 4.69) is 23.2 Å². The number of nitriles is 1. The molecule has 0 radical (unpaired) electrons. The van der Waals surface area contributed by atoms with Gasteiger partial charge < -0.3 is 0 Å². The van der Waals surface area contributed by atoms with Crippen molar-refractivity contribution < 1.29 is 9.59 Å². The molecule has 0 aliphatic rings. The van der Waals surface area contributed by atoms with Crippen molar-refractivity contribution in [2.24, 2.45) is 0 Å². The molecule has 0 N–H and O–H groups in total. The molecule has 0 fully saturated rings. The van der Waals surface area contributed by atoms with Crippen LogP contribution in [0.1, 0.15) is 16.3 Å². The third-order valence-electron chi connectivity index (χ3n) is 2.31. The Hall–Kier alpha value is -2.54. The molecule has 20 heavy (non-hydrogen) atoms. The van der Waals surface area contributed by atoms with Gasteiger partial charge in [0.05, 0.1) is 6.07 Å². The summed E-state index contributed by atoms with van der Waals surface area (Å²) in [4.78, 5) is 22.9. The molecule has 0 aromatic carbocycles. The Morgan fingerprint density at radius 1 is 1.20 bits per heavy atom. The maximum Gasteiger partial charge on any atom is 0.373 e. The summed E-state index contributed by atoms with van der Waals surface area (Å²) in [6.45, 7) is 4.00. The van der Waals surface area contributed by atoms with Crippen molar-refractivity contribution in [2.75, 3.05) is 0 Å². The van der Waals surface area contributed by atoms with E-state index in [0.29, 0.717) is 0 Å². The van der Waals surface area contributed by atoms with E-state index in [1.54, 1.807) is 11.3 Å². The summed E-state index contributed by atoms with van der Waals surface area (Å²) in [5.41, 5.74) is 3.25. The summed E-state index contributed by atoms with van der Waals surface area (Å²) in [5.74, 6) is 0. The molecule has 0 bridgehead atoms. The number of rotatable bonds is 2. The molecule has 0 unspecified atom stereocenters. The fourth-order valence-corrected chi connectivity index (χ4v) is 2.59. The molecule has 2 heterocycles. The second-order valence-corrected chi connectivity index (χ2v) is 5.00. The first-order chi connectivity index (χ1) is 9.60. The molecule has 0 amide bonds. The molecular formula is C15H12N2O2S. The van der Waals surface area contributed by atoms with Crippen molar-refractivity contribution in [3.05, 3.63) is 46.6 Å². The highest BCUT2D eigenvalue weighted by Gasteiger charge is 2.03. The van der Waals surface area contributed by atoms with Gasteiger partial charge in [-0.1, -0.05) is 0 Å². The average molecular weight is 284 g/mol. The summed E-state index contributed by atoms with van der Waals surface area (Å²) >= 11 is 1.68. The minimum absolute atomic E-state index is 0.250. The molecule has 0 atom stereocenters. The van der Waals surface area contributed by atoms with Crippen LogP contribution in [0.2, 0.25) is 0 Å². The Bertz CT molecular complexity index is 670. The highest BCUT2D eigenvalue weighted by atomic mass is 32.1. The second kappa shape index (κ2) is 7.80. The summed E-state index contributed by atoms with van der Waals surface area (Å²) in [7, 11) is 0. The van der Waals surface area contributed by atoms with Gasteiger partial charge in [-0.25, -0.2) is 0 Å². The zero-order chi connectivity index (χ0) is 15.0. The van der Waals surface area contributed by atoms with Crippen molar-refractivity contribution in [3.8, 4) is 16.5 Å². The van der Waals surface area contributed by atoms with Crippen LogP contribution >= 0.6 is 11.3 Å². The molecule has 2 aromatic heterocycles. The summed E-state index contributed by atoms with van der Waals surface area (Å²) in [6.07, 6.45) is 3.58. The first-order valence-electron chi connectivity index (χ1n) is 5.71. The fraction of sp³-hybridized carbons (Fsp3) is 0.133. The van der Waals surface area contributed by atoms with Crippen molar-refractivity contribution in [1.29, 1.82) is 5.26 Å². The second-order valence-electron chi connectivity index (χ2n) is 3.89. The smallest absolute Gasteiger partial charge is 0.258 e. The van der Waals surface area contributed by atoms with Crippen molar-refractivity contribution >= 4 is 23.6 Å². The molecule has 0 aliphatic carbocycles. The van der Waals surface area contributed by atoms with Gasteiger partial charge in [0.1, 0.15) is 0 Å². The fourth-order valence-electron chi connectivity index (χ4n) is 1.69. The Morgan fingerprint density at radius 2 is 1.80 bits per heavy atom. The third kappa shape index (κ3) is 4.62. The molecule has 0 spiro atoms. The van der Waals surface area contributed by atoms with Gasteiger partial charge in [-0.05, 0) is 49.8 Å². The number of pyridine rings is 1. The van der Waals surface area contributed by atoms with Crippen LogP contribution in [-0.2, 0) is 9.59 Å². The largest absolute Gasteiger partial charge is 0.373 e. The first-order valence-corrected chi connectivity index (χ1v) is 6.53. The van der Waals surface area contributed by atoms with Crippen LogP contribution in [0.25, 0.3) is 16.5 Å². The van der Waals surface area contributed by atoms with E-state index in [0.717, 1.165) is 16.3 Å². The number of nitrogens with zero attached hydrogens (tertiary/aromatic N) is 2. The third-order valence-corrected chi connectivity index (χ3v) is 3.41. The number of hydrogen-bond donors (Lipinski definition) is 0. The Kier molecular flexibility index (Phi) is 6.05. The van der Waals surface area contributed by atoms with E-state index in [-0.39, 0.29) is 6.15 Å². The van der Waals surface area contributed by atoms with E-state index >= 15 is 0 Å². The van der Waals surface area contributed by atoms with E-state index < -0.39 is 0 Å². The minimum Gasteiger partial charge on any atom is -0.258 e. The standard InChI is InChI=1S/C14H12N2S.CO2/c1-10-8-12(9-11(2)16-10)14-6-5-13(17-14)4-3-7-15;2-1-3/h3-6,8-9H,1-2H3;/b4-3-;. The van der Waals surface area contributed by atoms with Crippen LogP contribution in [0.3, 0.4) is 0 Å². The van der Waals surface area contributed by atoms with Gasteiger partial charge in [-0.3, -0.25) is 4.98 Å². The number of carbonyl (C=O) groups excluding carboxylic acids is 2. The SMILES string of the molecule is Cc1cc(-c2ccc(/C=C\C#N)s2)cc(C)n1.O=C=O. The maximum atomic E-state index is 8.48. The minimum atomic E-state index is 0.250. The van der Waals surface area contributed by atoms with Crippen LogP contribution in [0, 0.1) is 25.2 Å². The first kappa shape index (κ1) is 15.5. The van der Waals surface area contributed by atoms with E-state index in [9.17, 15) is 0 Å². The Labute approximate surface area is 121 Å². The maximum absolute atomic E-state index is 8.48. The van der Waals surface area contributed by atoms with Crippen LogP contribution in [0.15, 0.2) is 30.3 Å². The van der Waals surface area contributed by atoms with Crippen molar-refractivity contribution in [3.63, 3.8) is 0 Å². The molecule has 2 aromatic rings. The Morgan fingerprint density at radius 3 is 2.35 bits per heavy atom. The van der Waals surface area contributed by atoms with E-state index in [1.807, 2.05) is 32.1 Å². The lowest BCUT2D eigenvalue weighted by atomic mass is 10.1. The number of aromatic nitrogens is 1. The topological polar surface area (TPSA) is 70.8 Å². The number of allylic oxidation sites excluding steroid dienone is 1. The van der Waals surface area contributed by atoms with E-state index in [4.69, 9.17) is 14.9 Å². The summed E-state index contributed by atoms with van der Waals surface area (Å²) in [6, 6.07) is 10.3. The predicted molar refractivity (Wildman–Crippen MR) is 76.7 cm³/mol. The molecule has 0 aliphatic heterocycles. The highest BCUT2D eigenvalue weighted by Crippen LogP contribution is 2.29. The zero-order valence-corrected chi connectivity index (χ0v) is 11.9. The zero-order valence-electron chi connectivity index (χ0n) is 11.1. The van der Waals surface area contributed by atoms with Gasteiger partial charge in [0.25, 0.3) is 0 Å². The van der Waals surface area contributed by atoms with Gasteiger partial charge in [-0.2, -0.15) is 14.9 Å². The predicted octanol–water partition coefficient (Wildman–Crippen LogP) is 3.38. The highest BCUT2D eigenvalue weighted by molar-refractivity contribution is 7.16. The number of thiophene rings is 1. The molecule has 2 rings (SSSR count). The van der Waals surface area contributed by atoms with Crippen molar-refractivity contribution in [2.45, 2.75) is 13.8 Å². The lowest BCUT2D eigenvalue weighted by Crippen LogP contribution is -1.86. The van der Waals surface area contributed by atoms with Gasteiger partial charge in [0, 0.05) is 27.2 Å². The molecule has 0 saturated heterocycles. The van der Waals surface area contributed by atoms with Gasteiger partial charge in [-0.15, -0.1) is 11.3 Å². The van der Waals surface area contributed by atoms with Crippen molar-refractivity contribution in [1.82, 2.24) is 4.98 Å². The lowest BCUT2D eigenvalue weighted by molar-refractivity contribution is -0.191. The van der Waals surface area contributed by atoms with Crippen LogP contribution in [0.5, 0.6) is 0 Å². The molecule has 5 heteroatoms. The Balaban J connectivity index is 0.000000612. The molecule has 0 saturated carbocycles. The summed E-state index contributed by atoms with van der Waals surface area (Å²) < 4.78 is 0. The summed E-state index contributed by atoms with van der Waals surface area (Å²) in [5, 5.41) is 8.48. The monoisotopic (exact) mass is 284 g/mol. The van der Waals surface area contributed by atoms with Gasteiger partial charge >= 0.3 is 6.15 Å². The lowest BCUT2D eigenvalue weighted by Gasteiger charge is -2.01. The molecule has 100 valence electrons. The van der Waals surface area contributed by atoms with Gasteiger partial charge in [0.15, 0.2) is 0 Å². The van der Waals surface area contributed by atoms with Gasteiger partial charge in [0.2, 0.25) is 0 Å². The molecular weight excluding hydrogens is 272 g/mol. The molecule has 4 nitrogen and oxygen atoms in total. The average Bonchev–Trinajstić information content (AvgIpc) is 2.85. The van der Waals surface area contributed by atoms with E-state index in [1.165, 1.54) is 16.5 Å². The van der Waals surface area contributed by atoms with Crippen LogP contribution < -0.4 is 0 Å². The number of aryl methyl sites for hydroxylation is 2. The number of hydrogen-bond acceptors (Lipinski definition) is 5. The van der Waals surface area contributed by atoms with Crippen LogP contribution in [-0.4, -0.2) is 11.1 Å².